The van der Waals surface area contributed by atoms with E-state index < -0.39 is 4.92 Å². The number of aliphatic hydroxyl groups is 1. The lowest BCUT2D eigenvalue weighted by Crippen LogP contribution is -2.06. The highest BCUT2D eigenvalue weighted by Crippen LogP contribution is 2.28. The molecule has 1 heterocycles. The molecule has 0 unspecified atom stereocenters. The zero-order valence-electron chi connectivity index (χ0n) is 8.96. The molecule has 88 valence electrons. The van der Waals surface area contributed by atoms with Crippen molar-refractivity contribution in [2.24, 2.45) is 0 Å². The Morgan fingerprint density at radius 3 is 2.94 bits per heavy atom. The van der Waals surface area contributed by atoms with Crippen molar-refractivity contribution < 1.29 is 10.0 Å². The SMILES string of the molecule is O=[N+]([O-])c1cccc2c(NCCO)ccnc12. The standard InChI is InChI=1S/C11H11N3O3/c15-7-6-12-9-4-5-13-11-8(9)2-1-3-10(11)14(16)17/h1-5,15H,6-7H2,(H,12,13). The molecule has 1 aromatic heterocycles. The van der Waals surface area contributed by atoms with Gasteiger partial charge < -0.3 is 10.4 Å². The molecule has 6 nitrogen and oxygen atoms in total. The van der Waals surface area contributed by atoms with E-state index in [1.165, 1.54) is 12.3 Å². The van der Waals surface area contributed by atoms with Crippen molar-refractivity contribution in [1.82, 2.24) is 4.98 Å². The molecule has 6 heteroatoms. The summed E-state index contributed by atoms with van der Waals surface area (Å²) in [5, 5.41) is 23.3. The fraction of sp³-hybridized carbons (Fsp3) is 0.182. The fourth-order valence-corrected chi connectivity index (χ4v) is 1.65. The van der Waals surface area contributed by atoms with E-state index >= 15 is 0 Å². The number of rotatable bonds is 4. The van der Waals surface area contributed by atoms with Crippen LogP contribution < -0.4 is 5.32 Å². The lowest BCUT2D eigenvalue weighted by molar-refractivity contribution is -0.383. The summed E-state index contributed by atoms with van der Waals surface area (Å²) in [6.45, 7) is 0.389. The van der Waals surface area contributed by atoms with Crippen LogP contribution in [0.15, 0.2) is 30.5 Å². The number of para-hydroxylation sites is 1. The van der Waals surface area contributed by atoms with Gasteiger partial charge in [-0.05, 0) is 6.07 Å². The predicted octanol–water partition coefficient (Wildman–Crippen LogP) is 1.55. The topological polar surface area (TPSA) is 88.3 Å². The summed E-state index contributed by atoms with van der Waals surface area (Å²) in [7, 11) is 0. The smallest absolute Gasteiger partial charge is 0.295 e. The van der Waals surface area contributed by atoms with E-state index in [1.807, 2.05) is 0 Å². The molecular formula is C11H11N3O3. The number of anilines is 1. The first-order valence-electron chi connectivity index (χ1n) is 5.11. The number of aliphatic hydroxyl groups excluding tert-OH is 1. The molecule has 0 radical (unpaired) electrons. The second-order valence-corrected chi connectivity index (χ2v) is 3.44. The van der Waals surface area contributed by atoms with Crippen molar-refractivity contribution in [2.75, 3.05) is 18.5 Å². The van der Waals surface area contributed by atoms with Gasteiger partial charge in [-0.1, -0.05) is 12.1 Å². The highest BCUT2D eigenvalue weighted by molar-refractivity contribution is 5.96. The van der Waals surface area contributed by atoms with Crippen LogP contribution >= 0.6 is 0 Å². The molecular weight excluding hydrogens is 222 g/mol. The third kappa shape index (κ3) is 2.16. The summed E-state index contributed by atoms with van der Waals surface area (Å²) in [6.07, 6.45) is 1.51. The van der Waals surface area contributed by atoms with Gasteiger partial charge in [-0.25, -0.2) is 4.98 Å². The van der Waals surface area contributed by atoms with Crippen molar-refractivity contribution in [3.8, 4) is 0 Å². The van der Waals surface area contributed by atoms with Crippen LogP contribution in [0, 0.1) is 10.1 Å². The lowest BCUT2D eigenvalue weighted by Gasteiger charge is -2.07. The average Bonchev–Trinajstić information content (AvgIpc) is 2.35. The van der Waals surface area contributed by atoms with Crippen LogP contribution in [0.2, 0.25) is 0 Å². The monoisotopic (exact) mass is 233 g/mol. The number of hydrogen-bond acceptors (Lipinski definition) is 5. The number of non-ortho nitro benzene ring substituents is 1. The van der Waals surface area contributed by atoms with Gasteiger partial charge in [0.15, 0.2) is 0 Å². The maximum absolute atomic E-state index is 10.8. The van der Waals surface area contributed by atoms with Gasteiger partial charge in [0.1, 0.15) is 5.52 Å². The van der Waals surface area contributed by atoms with Crippen molar-refractivity contribution >= 4 is 22.3 Å². The van der Waals surface area contributed by atoms with Crippen molar-refractivity contribution in [2.45, 2.75) is 0 Å². The Morgan fingerprint density at radius 1 is 1.41 bits per heavy atom. The Morgan fingerprint density at radius 2 is 2.24 bits per heavy atom. The highest BCUT2D eigenvalue weighted by atomic mass is 16.6. The Labute approximate surface area is 97.1 Å². The Kier molecular flexibility index (Phi) is 3.15. The van der Waals surface area contributed by atoms with Gasteiger partial charge in [-0.15, -0.1) is 0 Å². The molecule has 17 heavy (non-hydrogen) atoms. The van der Waals surface area contributed by atoms with Gasteiger partial charge >= 0.3 is 0 Å². The van der Waals surface area contributed by atoms with Crippen molar-refractivity contribution in [3.05, 3.63) is 40.6 Å². The van der Waals surface area contributed by atoms with Gasteiger partial charge in [0.25, 0.3) is 5.69 Å². The first kappa shape index (κ1) is 11.3. The van der Waals surface area contributed by atoms with Crippen LogP contribution in [0.25, 0.3) is 10.9 Å². The molecule has 0 saturated carbocycles. The summed E-state index contributed by atoms with van der Waals surface area (Å²) >= 11 is 0. The summed E-state index contributed by atoms with van der Waals surface area (Å²) in [5.41, 5.74) is 1.06. The molecule has 0 saturated heterocycles. The molecule has 0 amide bonds. The quantitative estimate of drug-likeness (QED) is 0.617. The van der Waals surface area contributed by atoms with Gasteiger partial charge in [-0.3, -0.25) is 10.1 Å². The van der Waals surface area contributed by atoms with E-state index in [4.69, 9.17) is 5.11 Å². The Bertz CT molecular complexity index is 557. The number of nitrogens with zero attached hydrogens (tertiary/aromatic N) is 2. The van der Waals surface area contributed by atoms with Crippen LogP contribution in [0.4, 0.5) is 11.4 Å². The fourth-order valence-electron chi connectivity index (χ4n) is 1.65. The summed E-state index contributed by atoms with van der Waals surface area (Å²) in [6, 6.07) is 6.52. The van der Waals surface area contributed by atoms with Crippen LogP contribution in [0.3, 0.4) is 0 Å². The molecule has 2 N–H and O–H groups in total. The van der Waals surface area contributed by atoms with Crippen LogP contribution in [0.5, 0.6) is 0 Å². The van der Waals surface area contributed by atoms with Crippen molar-refractivity contribution in [3.63, 3.8) is 0 Å². The highest BCUT2D eigenvalue weighted by Gasteiger charge is 2.13. The Hall–Kier alpha value is -2.21. The molecule has 0 aliphatic heterocycles. The number of nitrogens with one attached hydrogen (secondary N) is 1. The molecule has 0 spiro atoms. The van der Waals surface area contributed by atoms with Crippen LogP contribution in [-0.4, -0.2) is 28.2 Å². The van der Waals surface area contributed by atoms with Gasteiger partial charge in [0.2, 0.25) is 0 Å². The van der Waals surface area contributed by atoms with E-state index in [0.717, 1.165) is 5.69 Å². The van der Waals surface area contributed by atoms with Crippen molar-refractivity contribution in [1.29, 1.82) is 0 Å². The largest absolute Gasteiger partial charge is 0.395 e. The minimum atomic E-state index is -0.453. The number of fused-ring (bicyclic) bond motifs is 1. The number of nitro benzene ring substituents is 1. The number of benzene rings is 1. The third-order valence-corrected chi connectivity index (χ3v) is 2.37. The van der Waals surface area contributed by atoms with E-state index in [9.17, 15) is 10.1 Å². The number of aromatic nitrogens is 1. The summed E-state index contributed by atoms with van der Waals surface area (Å²) in [5.74, 6) is 0. The van der Waals surface area contributed by atoms with E-state index in [-0.39, 0.29) is 12.3 Å². The molecule has 0 aliphatic carbocycles. The molecule has 2 aromatic rings. The zero-order chi connectivity index (χ0) is 12.3. The molecule has 0 fully saturated rings. The number of hydrogen-bond donors (Lipinski definition) is 2. The molecule has 2 rings (SSSR count). The minimum Gasteiger partial charge on any atom is -0.395 e. The van der Waals surface area contributed by atoms with Gasteiger partial charge in [0.05, 0.1) is 11.5 Å². The zero-order valence-corrected chi connectivity index (χ0v) is 8.96. The van der Waals surface area contributed by atoms with E-state index in [0.29, 0.717) is 17.4 Å². The second-order valence-electron chi connectivity index (χ2n) is 3.44. The summed E-state index contributed by atoms with van der Waals surface area (Å²) in [4.78, 5) is 14.4. The third-order valence-electron chi connectivity index (χ3n) is 2.37. The van der Waals surface area contributed by atoms with E-state index in [2.05, 4.69) is 10.3 Å². The summed E-state index contributed by atoms with van der Waals surface area (Å²) < 4.78 is 0. The maximum atomic E-state index is 10.8. The molecule has 0 aliphatic rings. The number of pyridine rings is 1. The second kappa shape index (κ2) is 4.75. The normalized spacial score (nSPS) is 10.4. The van der Waals surface area contributed by atoms with Gasteiger partial charge in [-0.2, -0.15) is 0 Å². The molecule has 0 atom stereocenters. The molecule has 1 aromatic carbocycles. The lowest BCUT2D eigenvalue weighted by atomic mass is 10.1. The first-order valence-corrected chi connectivity index (χ1v) is 5.11. The minimum absolute atomic E-state index is 0.00125. The molecule has 0 bridgehead atoms. The average molecular weight is 233 g/mol. The number of nitro groups is 1. The maximum Gasteiger partial charge on any atom is 0.295 e. The predicted molar refractivity (Wildman–Crippen MR) is 64.0 cm³/mol. The van der Waals surface area contributed by atoms with Crippen LogP contribution in [-0.2, 0) is 0 Å². The first-order chi connectivity index (χ1) is 8.24. The van der Waals surface area contributed by atoms with E-state index in [1.54, 1.807) is 18.2 Å². The van der Waals surface area contributed by atoms with Crippen LogP contribution in [0.1, 0.15) is 0 Å². The Balaban J connectivity index is 2.57. The van der Waals surface area contributed by atoms with Gasteiger partial charge in [0, 0.05) is 29.9 Å².